The van der Waals surface area contributed by atoms with Gasteiger partial charge in [-0.1, -0.05) is 12.1 Å². The SMILES string of the molecule is CC(c1ccc(N(C)C)cc1)N(C)C1COCC1C(=O)O. The highest BCUT2D eigenvalue weighted by molar-refractivity contribution is 5.71. The van der Waals surface area contributed by atoms with E-state index in [9.17, 15) is 9.90 Å². The number of anilines is 1. The average Bonchev–Trinajstić information content (AvgIpc) is 2.95. The fourth-order valence-electron chi connectivity index (χ4n) is 2.75. The van der Waals surface area contributed by atoms with Crippen molar-refractivity contribution in [2.24, 2.45) is 5.92 Å². The number of carboxylic acid groups (broad SMARTS) is 1. The van der Waals surface area contributed by atoms with E-state index in [1.807, 2.05) is 21.1 Å². The molecule has 116 valence electrons. The van der Waals surface area contributed by atoms with Crippen molar-refractivity contribution in [1.82, 2.24) is 4.90 Å². The molecule has 5 nitrogen and oxygen atoms in total. The molecule has 0 aliphatic carbocycles. The van der Waals surface area contributed by atoms with Gasteiger partial charge in [-0.15, -0.1) is 0 Å². The summed E-state index contributed by atoms with van der Waals surface area (Å²) in [6.07, 6.45) is 0. The highest BCUT2D eigenvalue weighted by Crippen LogP contribution is 2.28. The zero-order valence-electron chi connectivity index (χ0n) is 13.1. The monoisotopic (exact) mass is 292 g/mol. The average molecular weight is 292 g/mol. The van der Waals surface area contributed by atoms with Crippen molar-refractivity contribution in [2.75, 3.05) is 39.3 Å². The highest BCUT2D eigenvalue weighted by Gasteiger charge is 2.38. The van der Waals surface area contributed by atoms with Crippen LogP contribution in [-0.2, 0) is 9.53 Å². The first kappa shape index (κ1) is 15.8. The minimum absolute atomic E-state index is 0.0778. The van der Waals surface area contributed by atoms with Crippen LogP contribution in [-0.4, -0.2) is 56.4 Å². The first-order valence-corrected chi connectivity index (χ1v) is 7.21. The van der Waals surface area contributed by atoms with Crippen LogP contribution in [0.25, 0.3) is 0 Å². The van der Waals surface area contributed by atoms with Gasteiger partial charge in [0.2, 0.25) is 0 Å². The molecule has 1 aliphatic heterocycles. The van der Waals surface area contributed by atoms with Gasteiger partial charge >= 0.3 is 5.97 Å². The summed E-state index contributed by atoms with van der Waals surface area (Å²) in [5, 5.41) is 9.27. The van der Waals surface area contributed by atoms with Crippen LogP contribution in [0.1, 0.15) is 18.5 Å². The Labute approximate surface area is 126 Å². The molecule has 0 amide bonds. The van der Waals surface area contributed by atoms with Gasteiger partial charge in [0.25, 0.3) is 0 Å². The molecule has 3 atom stereocenters. The summed E-state index contributed by atoms with van der Waals surface area (Å²) in [5.41, 5.74) is 2.33. The number of ether oxygens (including phenoxy) is 1. The molecule has 2 rings (SSSR count). The molecular weight excluding hydrogens is 268 g/mol. The first-order chi connectivity index (χ1) is 9.91. The van der Waals surface area contributed by atoms with Crippen LogP contribution < -0.4 is 4.90 Å². The molecule has 0 radical (unpaired) electrons. The number of nitrogens with zero attached hydrogens (tertiary/aromatic N) is 2. The normalized spacial score (nSPS) is 23.3. The van der Waals surface area contributed by atoms with Crippen LogP contribution in [0.5, 0.6) is 0 Å². The van der Waals surface area contributed by atoms with E-state index in [2.05, 4.69) is 41.0 Å². The van der Waals surface area contributed by atoms with E-state index in [-0.39, 0.29) is 12.1 Å². The van der Waals surface area contributed by atoms with Gasteiger partial charge < -0.3 is 14.7 Å². The number of rotatable bonds is 5. The van der Waals surface area contributed by atoms with Gasteiger partial charge in [-0.25, -0.2) is 0 Å². The minimum atomic E-state index is -0.778. The number of hydrogen-bond donors (Lipinski definition) is 1. The van der Waals surface area contributed by atoms with Gasteiger partial charge in [0.05, 0.1) is 19.1 Å². The van der Waals surface area contributed by atoms with Crippen molar-refractivity contribution in [2.45, 2.75) is 19.0 Å². The van der Waals surface area contributed by atoms with Crippen LogP contribution in [0.2, 0.25) is 0 Å². The van der Waals surface area contributed by atoms with Gasteiger partial charge in [-0.05, 0) is 31.7 Å². The van der Waals surface area contributed by atoms with Crippen molar-refractivity contribution in [3.05, 3.63) is 29.8 Å². The summed E-state index contributed by atoms with van der Waals surface area (Å²) in [4.78, 5) is 15.4. The lowest BCUT2D eigenvalue weighted by atomic mass is 9.99. The molecule has 1 fully saturated rings. The van der Waals surface area contributed by atoms with Gasteiger partial charge in [0, 0.05) is 31.9 Å². The Morgan fingerprint density at radius 1 is 1.24 bits per heavy atom. The predicted molar refractivity (Wildman–Crippen MR) is 82.7 cm³/mol. The summed E-state index contributed by atoms with van der Waals surface area (Å²) in [5.74, 6) is -1.22. The quantitative estimate of drug-likeness (QED) is 0.897. The molecule has 0 aromatic heterocycles. The summed E-state index contributed by atoms with van der Waals surface area (Å²) >= 11 is 0. The van der Waals surface area contributed by atoms with Gasteiger partial charge in [0.1, 0.15) is 0 Å². The largest absolute Gasteiger partial charge is 0.481 e. The van der Waals surface area contributed by atoms with Crippen molar-refractivity contribution in [3.63, 3.8) is 0 Å². The van der Waals surface area contributed by atoms with E-state index in [4.69, 9.17) is 4.74 Å². The Morgan fingerprint density at radius 2 is 1.86 bits per heavy atom. The van der Waals surface area contributed by atoms with E-state index in [1.54, 1.807) is 0 Å². The molecule has 0 bridgehead atoms. The third-order valence-corrected chi connectivity index (χ3v) is 4.39. The first-order valence-electron chi connectivity index (χ1n) is 7.21. The summed E-state index contributed by atoms with van der Waals surface area (Å²) < 4.78 is 5.36. The molecule has 1 N–H and O–H groups in total. The van der Waals surface area contributed by atoms with Crippen molar-refractivity contribution < 1.29 is 14.6 Å². The number of hydrogen-bond acceptors (Lipinski definition) is 4. The highest BCUT2D eigenvalue weighted by atomic mass is 16.5. The number of carboxylic acids is 1. The van der Waals surface area contributed by atoms with Gasteiger partial charge in [-0.3, -0.25) is 9.69 Å². The molecule has 0 spiro atoms. The molecule has 1 aliphatic rings. The smallest absolute Gasteiger partial charge is 0.310 e. The Kier molecular flexibility index (Phi) is 4.85. The maximum Gasteiger partial charge on any atom is 0.310 e. The molecule has 1 aromatic rings. The number of likely N-dealkylation sites (N-methyl/N-ethyl adjacent to an activating group) is 1. The molecule has 3 unspecified atom stereocenters. The van der Waals surface area contributed by atoms with Crippen LogP contribution in [0.4, 0.5) is 5.69 Å². The Morgan fingerprint density at radius 3 is 2.38 bits per heavy atom. The third kappa shape index (κ3) is 3.36. The van der Waals surface area contributed by atoms with Crippen molar-refractivity contribution in [3.8, 4) is 0 Å². The lowest BCUT2D eigenvalue weighted by Gasteiger charge is -2.32. The Bertz CT molecular complexity index is 487. The fourth-order valence-corrected chi connectivity index (χ4v) is 2.75. The van der Waals surface area contributed by atoms with E-state index in [0.29, 0.717) is 13.2 Å². The van der Waals surface area contributed by atoms with Crippen LogP contribution >= 0.6 is 0 Å². The van der Waals surface area contributed by atoms with E-state index in [1.165, 1.54) is 5.56 Å². The van der Waals surface area contributed by atoms with Crippen LogP contribution in [0, 0.1) is 5.92 Å². The standard InChI is InChI=1S/C16H24N2O3/c1-11(12-5-7-13(8-6-12)17(2)3)18(4)15-10-21-9-14(15)16(19)20/h5-8,11,14-15H,9-10H2,1-4H3,(H,19,20). The van der Waals surface area contributed by atoms with E-state index >= 15 is 0 Å². The summed E-state index contributed by atoms with van der Waals surface area (Å²) in [7, 11) is 6.00. The zero-order valence-corrected chi connectivity index (χ0v) is 13.1. The maximum absolute atomic E-state index is 11.3. The Hall–Kier alpha value is -1.59. The molecule has 21 heavy (non-hydrogen) atoms. The van der Waals surface area contributed by atoms with Gasteiger partial charge in [0.15, 0.2) is 0 Å². The molecule has 1 heterocycles. The molecule has 5 heteroatoms. The maximum atomic E-state index is 11.3. The topological polar surface area (TPSA) is 53.0 Å². The van der Waals surface area contributed by atoms with Crippen LogP contribution in [0.15, 0.2) is 24.3 Å². The predicted octanol–water partition coefficient (Wildman–Crippen LogP) is 1.84. The third-order valence-electron chi connectivity index (χ3n) is 4.39. The molecule has 0 saturated carbocycles. The van der Waals surface area contributed by atoms with Gasteiger partial charge in [-0.2, -0.15) is 0 Å². The van der Waals surface area contributed by atoms with Crippen molar-refractivity contribution in [1.29, 1.82) is 0 Å². The summed E-state index contributed by atoms with van der Waals surface area (Å²) in [6.45, 7) is 2.88. The number of aliphatic carboxylic acids is 1. The second kappa shape index (κ2) is 6.45. The van der Waals surface area contributed by atoms with E-state index < -0.39 is 11.9 Å². The van der Waals surface area contributed by atoms with E-state index in [0.717, 1.165) is 5.69 Å². The second-order valence-corrected chi connectivity index (χ2v) is 5.88. The lowest BCUT2D eigenvalue weighted by molar-refractivity contribution is -0.143. The zero-order chi connectivity index (χ0) is 15.6. The second-order valence-electron chi connectivity index (χ2n) is 5.88. The summed E-state index contributed by atoms with van der Waals surface area (Å²) in [6, 6.07) is 8.43. The molecule has 1 aromatic carbocycles. The molecule has 1 saturated heterocycles. The minimum Gasteiger partial charge on any atom is -0.481 e. The van der Waals surface area contributed by atoms with Crippen molar-refractivity contribution >= 4 is 11.7 Å². The molecular formula is C16H24N2O3. The van der Waals surface area contributed by atoms with Crippen LogP contribution in [0.3, 0.4) is 0 Å². The number of benzene rings is 1. The fraction of sp³-hybridized carbons (Fsp3) is 0.562. The number of carbonyl (C=O) groups is 1. The Balaban J connectivity index is 2.11. The lowest BCUT2D eigenvalue weighted by Crippen LogP contribution is -2.42.